The zero-order valence-corrected chi connectivity index (χ0v) is 20.1. The number of nitro groups is 1. The molecular formula is C24H28ClN3O4S. The first-order chi connectivity index (χ1) is 15.8. The van der Waals surface area contributed by atoms with Crippen molar-refractivity contribution in [1.82, 2.24) is 10.2 Å². The van der Waals surface area contributed by atoms with Gasteiger partial charge in [0, 0.05) is 35.5 Å². The van der Waals surface area contributed by atoms with Gasteiger partial charge in [-0.1, -0.05) is 48.7 Å². The maximum atomic E-state index is 13.1. The monoisotopic (exact) mass is 489 g/mol. The Morgan fingerprint density at radius 3 is 2.33 bits per heavy atom. The highest BCUT2D eigenvalue weighted by molar-refractivity contribution is 7.99. The van der Waals surface area contributed by atoms with Crippen LogP contribution < -0.4 is 5.32 Å². The fourth-order valence-electron chi connectivity index (χ4n) is 3.81. The highest BCUT2D eigenvalue weighted by Gasteiger charge is 2.28. The minimum atomic E-state index is -0.603. The summed E-state index contributed by atoms with van der Waals surface area (Å²) in [6.45, 7) is 2.08. The third-order valence-electron chi connectivity index (χ3n) is 5.78. The minimum absolute atomic E-state index is 0.0380. The Labute approximate surface area is 203 Å². The van der Waals surface area contributed by atoms with Gasteiger partial charge in [-0.25, -0.2) is 0 Å². The molecule has 33 heavy (non-hydrogen) atoms. The van der Waals surface area contributed by atoms with Crippen LogP contribution in [-0.2, 0) is 21.9 Å². The Morgan fingerprint density at radius 1 is 1.12 bits per heavy atom. The summed E-state index contributed by atoms with van der Waals surface area (Å²) in [6.07, 6.45) is 4.20. The van der Waals surface area contributed by atoms with Crippen molar-refractivity contribution in [2.75, 3.05) is 5.75 Å². The third kappa shape index (κ3) is 7.47. The number of nitro benzene ring substituents is 1. The summed E-state index contributed by atoms with van der Waals surface area (Å²) in [5.74, 6) is 0.475. The molecule has 0 bridgehead atoms. The van der Waals surface area contributed by atoms with E-state index in [1.54, 1.807) is 36.1 Å². The number of hydrogen-bond donors (Lipinski definition) is 1. The first-order valence-electron chi connectivity index (χ1n) is 11.0. The molecule has 2 aromatic carbocycles. The molecule has 176 valence electrons. The van der Waals surface area contributed by atoms with E-state index < -0.39 is 11.0 Å². The van der Waals surface area contributed by atoms with E-state index in [0.29, 0.717) is 17.3 Å². The number of halogens is 1. The molecule has 1 atom stereocenters. The number of hydrogen-bond acceptors (Lipinski definition) is 5. The van der Waals surface area contributed by atoms with Crippen molar-refractivity contribution in [1.29, 1.82) is 0 Å². The van der Waals surface area contributed by atoms with Gasteiger partial charge in [0.25, 0.3) is 5.69 Å². The van der Waals surface area contributed by atoms with Crippen LogP contribution in [0.4, 0.5) is 5.69 Å². The quantitative estimate of drug-likeness (QED) is 0.376. The molecule has 0 aromatic heterocycles. The Kier molecular flexibility index (Phi) is 9.14. The molecule has 2 amide bonds. The smallest absolute Gasteiger partial charge is 0.269 e. The topological polar surface area (TPSA) is 92.6 Å². The zero-order chi connectivity index (χ0) is 23.8. The van der Waals surface area contributed by atoms with Gasteiger partial charge in [-0.15, -0.1) is 11.8 Å². The van der Waals surface area contributed by atoms with E-state index in [-0.39, 0.29) is 29.3 Å². The Morgan fingerprint density at radius 2 is 1.73 bits per heavy atom. The first-order valence-corrected chi connectivity index (χ1v) is 12.5. The molecule has 3 rings (SSSR count). The lowest BCUT2D eigenvalue weighted by Gasteiger charge is -2.29. The lowest BCUT2D eigenvalue weighted by atomic mass is 10.1. The van der Waals surface area contributed by atoms with Gasteiger partial charge in [-0.2, -0.15) is 0 Å². The van der Waals surface area contributed by atoms with Gasteiger partial charge < -0.3 is 10.2 Å². The number of carbonyl (C=O) groups excluding carboxylic acids is 2. The van der Waals surface area contributed by atoms with Crippen LogP contribution in [0.3, 0.4) is 0 Å². The third-order valence-corrected chi connectivity index (χ3v) is 7.02. The number of nitrogens with one attached hydrogen (secondary N) is 1. The highest BCUT2D eigenvalue weighted by atomic mass is 35.5. The van der Waals surface area contributed by atoms with Crippen LogP contribution in [0.2, 0.25) is 5.02 Å². The molecule has 9 heteroatoms. The van der Waals surface area contributed by atoms with Crippen LogP contribution in [0.5, 0.6) is 0 Å². The van der Waals surface area contributed by atoms with E-state index >= 15 is 0 Å². The number of thioether (sulfide) groups is 1. The number of nitrogens with zero attached hydrogens (tertiary/aromatic N) is 2. The second-order valence-electron chi connectivity index (χ2n) is 8.23. The predicted octanol–water partition coefficient (Wildman–Crippen LogP) is 4.96. The normalized spacial score (nSPS) is 14.6. The molecule has 0 heterocycles. The molecule has 1 N–H and O–H groups in total. The summed E-state index contributed by atoms with van der Waals surface area (Å²) < 4.78 is 0. The van der Waals surface area contributed by atoms with Crippen LogP contribution in [0.1, 0.15) is 43.7 Å². The van der Waals surface area contributed by atoms with Crippen molar-refractivity contribution in [2.24, 2.45) is 0 Å². The molecule has 0 saturated heterocycles. The molecule has 7 nitrogen and oxygen atoms in total. The predicted molar refractivity (Wildman–Crippen MR) is 131 cm³/mol. The highest BCUT2D eigenvalue weighted by Crippen LogP contribution is 2.21. The van der Waals surface area contributed by atoms with Gasteiger partial charge in [-0.3, -0.25) is 19.7 Å². The largest absolute Gasteiger partial charge is 0.352 e. The zero-order valence-electron chi connectivity index (χ0n) is 18.5. The molecule has 1 saturated carbocycles. The van der Waals surface area contributed by atoms with E-state index in [0.717, 1.165) is 36.8 Å². The van der Waals surface area contributed by atoms with Crippen LogP contribution in [-0.4, -0.2) is 39.5 Å². The van der Waals surface area contributed by atoms with E-state index in [9.17, 15) is 19.7 Å². The molecule has 0 radical (unpaired) electrons. The van der Waals surface area contributed by atoms with E-state index in [2.05, 4.69) is 5.32 Å². The molecule has 2 aromatic rings. The molecular weight excluding hydrogens is 462 g/mol. The number of rotatable bonds is 10. The lowest BCUT2D eigenvalue weighted by Crippen LogP contribution is -2.50. The maximum Gasteiger partial charge on any atom is 0.269 e. The van der Waals surface area contributed by atoms with Crippen molar-refractivity contribution in [3.05, 3.63) is 74.8 Å². The SMILES string of the molecule is C[C@H](C(=O)NC1CCCC1)N(Cc1ccc(Cl)cc1)C(=O)CSCc1ccc([N+](=O)[O-])cc1. The fraction of sp³-hybridized carbons (Fsp3) is 0.417. The molecule has 0 aliphatic heterocycles. The van der Waals surface area contributed by atoms with Crippen molar-refractivity contribution in [3.8, 4) is 0 Å². The van der Waals surface area contributed by atoms with Crippen molar-refractivity contribution in [2.45, 2.75) is 57.0 Å². The van der Waals surface area contributed by atoms with Crippen molar-refractivity contribution < 1.29 is 14.5 Å². The van der Waals surface area contributed by atoms with Crippen LogP contribution in [0, 0.1) is 10.1 Å². The van der Waals surface area contributed by atoms with Gasteiger partial charge >= 0.3 is 0 Å². The molecule has 1 aliphatic carbocycles. The average molecular weight is 490 g/mol. The van der Waals surface area contributed by atoms with E-state index in [1.165, 1.54) is 23.9 Å². The van der Waals surface area contributed by atoms with E-state index in [4.69, 9.17) is 11.6 Å². The summed E-state index contributed by atoms with van der Waals surface area (Å²) in [4.78, 5) is 38.0. The molecule has 0 unspecified atom stereocenters. The number of benzene rings is 2. The fourth-order valence-corrected chi connectivity index (χ4v) is 4.81. The summed E-state index contributed by atoms with van der Waals surface area (Å²) >= 11 is 7.41. The Balaban J connectivity index is 1.63. The Hall–Kier alpha value is -2.58. The Bertz CT molecular complexity index is 963. The maximum absolute atomic E-state index is 13.1. The van der Waals surface area contributed by atoms with Crippen LogP contribution in [0.25, 0.3) is 0 Å². The second-order valence-corrected chi connectivity index (χ2v) is 9.65. The van der Waals surface area contributed by atoms with E-state index in [1.807, 2.05) is 12.1 Å². The standard InChI is InChI=1S/C24H28ClN3O4S/c1-17(24(30)26-21-4-2-3-5-21)27(14-18-6-10-20(25)11-7-18)23(29)16-33-15-19-8-12-22(13-9-19)28(31)32/h6-13,17,21H,2-5,14-16H2,1H3,(H,26,30)/t17-/m1/s1. The van der Waals surface area contributed by atoms with Gasteiger partial charge in [0.05, 0.1) is 10.7 Å². The summed E-state index contributed by atoms with van der Waals surface area (Å²) in [7, 11) is 0. The van der Waals surface area contributed by atoms with Crippen molar-refractivity contribution >= 4 is 40.9 Å². The number of amides is 2. The molecule has 0 spiro atoms. The second kappa shape index (κ2) is 12.0. The first kappa shape index (κ1) is 25.1. The molecule has 1 fully saturated rings. The van der Waals surface area contributed by atoms with Gasteiger partial charge in [0.2, 0.25) is 11.8 Å². The average Bonchev–Trinajstić information content (AvgIpc) is 3.31. The summed E-state index contributed by atoms with van der Waals surface area (Å²) in [5, 5.41) is 14.5. The summed E-state index contributed by atoms with van der Waals surface area (Å²) in [5.41, 5.74) is 1.83. The number of non-ortho nitro benzene ring substituents is 1. The van der Waals surface area contributed by atoms with Crippen molar-refractivity contribution in [3.63, 3.8) is 0 Å². The molecule has 1 aliphatic rings. The van der Waals surface area contributed by atoms with Crippen LogP contribution >= 0.6 is 23.4 Å². The number of carbonyl (C=O) groups is 2. The van der Waals surface area contributed by atoms with Gasteiger partial charge in [0.15, 0.2) is 0 Å². The van der Waals surface area contributed by atoms with Crippen LogP contribution in [0.15, 0.2) is 48.5 Å². The van der Waals surface area contributed by atoms with Gasteiger partial charge in [0.1, 0.15) is 6.04 Å². The summed E-state index contributed by atoms with van der Waals surface area (Å²) in [6, 6.07) is 13.1. The minimum Gasteiger partial charge on any atom is -0.352 e. The lowest BCUT2D eigenvalue weighted by molar-refractivity contribution is -0.384. The van der Waals surface area contributed by atoms with Gasteiger partial charge in [-0.05, 0) is 43.0 Å².